The largest absolute Gasteiger partial charge is 0.489 e. The Morgan fingerprint density at radius 1 is 1.00 bits per heavy atom. The standard InChI is InChI=1S/C19H16O3/c1-14-18-9-8-17(21-12-15-5-3-2-4-6-15)11-16(18)7-10-19(14)22-13-20/h2-11,13H,12H2,1H3. The highest BCUT2D eigenvalue weighted by Crippen LogP contribution is 2.29. The predicted molar refractivity (Wildman–Crippen MR) is 86.2 cm³/mol. The SMILES string of the molecule is Cc1c(OC=O)ccc2cc(OCc3ccccc3)ccc12. The van der Waals surface area contributed by atoms with E-state index in [-0.39, 0.29) is 0 Å². The van der Waals surface area contributed by atoms with E-state index in [0.29, 0.717) is 18.8 Å². The summed E-state index contributed by atoms with van der Waals surface area (Å²) in [5.74, 6) is 1.40. The summed E-state index contributed by atoms with van der Waals surface area (Å²) in [6, 6.07) is 19.7. The van der Waals surface area contributed by atoms with Crippen LogP contribution in [0, 0.1) is 6.92 Å². The normalized spacial score (nSPS) is 10.4. The molecule has 0 aliphatic carbocycles. The summed E-state index contributed by atoms with van der Waals surface area (Å²) in [6.45, 7) is 2.93. The van der Waals surface area contributed by atoms with E-state index in [1.807, 2.05) is 61.5 Å². The Hall–Kier alpha value is -2.81. The molecule has 0 radical (unpaired) electrons. The van der Waals surface area contributed by atoms with Crippen molar-refractivity contribution in [3.05, 3.63) is 71.8 Å². The summed E-state index contributed by atoms with van der Waals surface area (Å²) >= 11 is 0. The summed E-state index contributed by atoms with van der Waals surface area (Å²) < 4.78 is 10.8. The topological polar surface area (TPSA) is 35.5 Å². The number of rotatable bonds is 5. The molecule has 0 unspecified atom stereocenters. The number of carbonyl (C=O) groups excluding carboxylic acids is 1. The van der Waals surface area contributed by atoms with Crippen molar-refractivity contribution in [3.8, 4) is 11.5 Å². The lowest BCUT2D eigenvalue weighted by molar-refractivity contribution is -0.120. The third-order valence-electron chi connectivity index (χ3n) is 3.63. The van der Waals surface area contributed by atoms with Gasteiger partial charge in [0, 0.05) is 0 Å². The Kier molecular flexibility index (Phi) is 4.05. The minimum absolute atomic E-state index is 0.450. The van der Waals surface area contributed by atoms with Crippen molar-refractivity contribution in [2.24, 2.45) is 0 Å². The summed E-state index contributed by atoms with van der Waals surface area (Å²) in [7, 11) is 0. The van der Waals surface area contributed by atoms with Gasteiger partial charge in [-0.1, -0.05) is 42.5 Å². The first-order valence-corrected chi connectivity index (χ1v) is 7.08. The Morgan fingerprint density at radius 2 is 1.82 bits per heavy atom. The molecule has 0 N–H and O–H groups in total. The van der Waals surface area contributed by atoms with Crippen LogP contribution < -0.4 is 9.47 Å². The second-order valence-electron chi connectivity index (χ2n) is 5.06. The van der Waals surface area contributed by atoms with Crippen LogP contribution in [0.4, 0.5) is 0 Å². The fraction of sp³-hybridized carbons (Fsp3) is 0.105. The highest BCUT2D eigenvalue weighted by molar-refractivity contribution is 5.89. The summed E-state index contributed by atoms with van der Waals surface area (Å²) in [4.78, 5) is 10.5. The van der Waals surface area contributed by atoms with Gasteiger partial charge >= 0.3 is 0 Å². The number of carbonyl (C=O) groups is 1. The monoisotopic (exact) mass is 292 g/mol. The molecule has 3 aromatic rings. The van der Waals surface area contributed by atoms with Gasteiger partial charge in [-0.2, -0.15) is 0 Å². The molecule has 3 heteroatoms. The first kappa shape index (κ1) is 14.1. The van der Waals surface area contributed by atoms with Crippen molar-refractivity contribution in [2.45, 2.75) is 13.5 Å². The zero-order valence-corrected chi connectivity index (χ0v) is 12.3. The summed E-state index contributed by atoms with van der Waals surface area (Å²) in [6.07, 6.45) is 0. The lowest BCUT2D eigenvalue weighted by atomic mass is 10.0. The number of aryl methyl sites for hydroxylation is 1. The molecule has 0 heterocycles. The van der Waals surface area contributed by atoms with Crippen molar-refractivity contribution in [1.29, 1.82) is 0 Å². The quantitative estimate of drug-likeness (QED) is 0.659. The van der Waals surface area contributed by atoms with E-state index in [1.54, 1.807) is 6.07 Å². The molecule has 0 aromatic heterocycles. The first-order valence-electron chi connectivity index (χ1n) is 7.08. The number of benzene rings is 3. The first-order chi connectivity index (χ1) is 10.8. The third-order valence-corrected chi connectivity index (χ3v) is 3.63. The molecule has 0 bridgehead atoms. The van der Waals surface area contributed by atoms with Crippen LogP contribution in [0.3, 0.4) is 0 Å². The lowest BCUT2D eigenvalue weighted by Gasteiger charge is -2.10. The Labute approximate surface area is 129 Å². The molecule has 110 valence electrons. The summed E-state index contributed by atoms with van der Waals surface area (Å²) in [5.41, 5.74) is 2.08. The van der Waals surface area contributed by atoms with E-state index in [4.69, 9.17) is 9.47 Å². The van der Waals surface area contributed by atoms with Gasteiger partial charge in [-0.25, -0.2) is 0 Å². The number of hydrogen-bond acceptors (Lipinski definition) is 3. The Bertz CT molecular complexity index is 794. The zero-order valence-electron chi connectivity index (χ0n) is 12.3. The van der Waals surface area contributed by atoms with Crippen LogP contribution in [-0.4, -0.2) is 6.47 Å². The maximum absolute atomic E-state index is 10.5. The van der Waals surface area contributed by atoms with E-state index >= 15 is 0 Å². The van der Waals surface area contributed by atoms with E-state index in [1.165, 1.54) is 0 Å². The van der Waals surface area contributed by atoms with Crippen LogP contribution in [0.25, 0.3) is 10.8 Å². The van der Waals surface area contributed by atoms with Gasteiger partial charge in [0.15, 0.2) is 0 Å². The molecule has 3 nitrogen and oxygen atoms in total. The van der Waals surface area contributed by atoms with E-state index in [0.717, 1.165) is 27.6 Å². The van der Waals surface area contributed by atoms with Crippen LogP contribution >= 0.6 is 0 Å². The number of ether oxygens (including phenoxy) is 2. The molecule has 0 saturated heterocycles. The van der Waals surface area contributed by atoms with Gasteiger partial charge in [0.1, 0.15) is 18.1 Å². The van der Waals surface area contributed by atoms with Gasteiger partial charge in [-0.05, 0) is 47.0 Å². The Morgan fingerprint density at radius 3 is 2.59 bits per heavy atom. The average Bonchev–Trinajstić information content (AvgIpc) is 2.56. The fourth-order valence-electron chi connectivity index (χ4n) is 2.45. The van der Waals surface area contributed by atoms with Crippen LogP contribution in [0.15, 0.2) is 60.7 Å². The molecule has 0 fully saturated rings. The van der Waals surface area contributed by atoms with Crippen molar-refractivity contribution in [1.82, 2.24) is 0 Å². The molecule has 22 heavy (non-hydrogen) atoms. The van der Waals surface area contributed by atoms with Crippen molar-refractivity contribution >= 4 is 17.2 Å². The predicted octanol–water partition coefficient (Wildman–Crippen LogP) is 4.26. The second kappa shape index (κ2) is 6.31. The molecule has 0 amide bonds. The van der Waals surface area contributed by atoms with Crippen molar-refractivity contribution in [2.75, 3.05) is 0 Å². The summed E-state index contributed by atoms with van der Waals surface area (Å²) in [5, 5.41) is 2.10. The van der Waals surface area contributed by atoms with E-state index < -0.39 is 0 Å². The molecule has 0 aliphatic heterocycles. The minimum Gasteiger partial charge on any atom is -0.489 e. The molecule has 0 aliphatic rings. The molecule has 0 atom stereocenters. The van der Waals surface area contributed by atoms with E-state index in [2.05, 4.69) is 0 Å². The van der Waals surface area contributed by atoms with Gasteiger partial charge in [-0.15, -0.1) is 0 Å². The van der Waals surface area contributed by atoms with Gasteiger partial charge in [0.2, 0.25) is 0 Å². The van der Waals surface area contributed by atoms with Gasteiger partial charge in [0.05, 0.1) is 0 Å². The van der Waals surface area contributed by atoms with Crippen molar-refractivity contribution in [3.63, 3.8) is 0 Å². The Balaban J connectivity index is 1.84. The maximum Gasteiger partial charge on any atom is 0.298 e. The molecule has 3 aromatic carbocycles. The number of fused-ring (bicyclic) bond motifs is 1. The van der Waals surface area contributed by atoms with Gasteiger partial charge in [0.25, 0.3) is 6.47 Å². The average molecular weight is 292 g/mol. The third kappa shape index (κ3) is 2.93. The van der Waals surface area contributed by atoms with Gasteiger partial charge < -0.3 is 9.47 Å². The molecular weight excluding hydrogens is 276 g/mol. The van der Waals surface area contributed by atoms with E-state index in [9.17, 15) is 4.79 Å². The van der Waals surface area contributed by atoms with Crippen LogP contribution in [0.2, 0.25) is 0 Å². The highest BCUT2D eigenvalue weighted by Gasteiger charge is 2.06. The molecule has 0 saturated carbocycles. The highest BCUT2D eigenvalue weighted by atomic mass is 16.5. The molecule has 3 rings (SSSR count). The smallest absolute Gasteiger partial charge is 0.298 e. The maximum atomic E-state index is 10.5. The van der Waals surface area contributed by atoms with Crippen LogP contribution in [0.5, 0.6) is 11.5 Å². The molecule has 0 spiro atoms. The second-order valence-corrected chi connectivity index (χ2v) is 5.06. The fourth-order valence-corrected chi connectivity index (χ4v) is 2.45. The van der Waals surface area contributed by atoms with Crippen LogP contribution in [-0.2, 0) is 11.4 Å². The van der Waals surface area contributed by atoms with Gasteiger partial charge in [-0.3, -0.25) is 4.79 Å². The van der Waals surface area contributed by atoms with Crippen LogP contribution in [0.1, 0.15) is 11.1 Å². The molecular formula is C19H16O3. The minimum atomic E-state index is 0.450. The lowest BCUT2D eigenvalue weighted by Crippen LogP contribution is -1.95. The van der Waals surface area contributed by atoms with Crippen molar-refractivity contribution < 1.29 is 14.3 Å². The zero-order chi connectivity index (χ0) is 15.4. The number of hydrogen-bond donors (Lipinski definition) is 0.